The molecule has 0 N–H and O–H groups in total. The SMILES string of the molecule is CCC[C]1COO1. The normalized spacial score (nSPS) is 21.9. The average Bonchev–Trinajstić information content (AvgIpc) is 1.55. The zero-order chi connectivity index (χ0) is 5.11. The van der Waals surface area contributed by atoms with Crippen LogP contribution >= 0.6 is 0 Å². The molecule has 41 valence electrons. The second-order valence-corrected chi connectivity index (χ2v) is 1.63. The molecule has 0 amide bonds. The fraction of sp³-hybridized carbons (Fsp3) is 0.800. The molecule has 2 nitrogen and oxygen atoms in total. The van der Waals surface area contributed by atoms with Gasteiger partial charge in [0.05, 0.1) is 0 Å². The third-order valence-corrected chi connectivity index (χ3v) is 0.926. The average molecular weight is 101 g/mol. The van der Waals surface area contributed by atoms with Crippen LogP contribution in [0.1, 0.15) is 19.8 Å². The lowest BCUT2D eigenvalue weighted by atomic mass is 10.2. The molecule has 1 aliphatic heterocycles. The van der Waals surface area contributed by atoms with Gasteiger partial charge in [0.2, 0.25) is 0 Å². The van der Waals surface area contributed by atoms with E-state index in [9.17, 15) is 0 Å². The predicted molar refractivity (Wildman–Crippen MR) is 25.2 cm³/mol. The highest BCUT2D eigenvalue weighted by molar-refractivity contribution is 4.78. The van der Waals surface area contributed by atoms with Crippen LogP contribution in [0.25, 0.3) is 0 Å². The van der Waals surface area contributed by atoms with Gasteiger partial charge in [0, 0.05) is 0 Å². The molecule has 1 saturated heterocycles. The lowest BCUT2D eigenvalue weighted by Crippen LogP contribution is -2.21. The lowest BCUT2D eigenvalue weighted by molar-refractivity contribution is -0.375. The molecule has 0 bridgehead atoms. The van der Waals surface area contributed by atoms with Gasteiger partial charge in [0.1, 0.15) is 6.61 Å². The van der Waals surface area contributed by atoms with Crippen molar-refractivity contribution in [1.82, 2.24) is 0 Å². The Hall–Kier alpha value is -0.0800. The summed E-state index contributed by atoms with van der Waals surface area (Å²) in [4.78, 5) is 9.04. The maximum absolute atomic E-state index is 4.59. The number of hydrogen-bond acceptors (Lipinski definition) is 2. The molecule has 1 aliphatic rings. The molecule has 0 aliphatic carbocycles. The van der Waals surface area contributed by atoms with E-state index in [0.29, 0.717) is 6.61 Å². The van der Waals surface area contributed by atoms with Crippen LogP contribution in [-0.4, -0.2) is 6.61 Å². The van der Waals surface area contributed by atoms with Crippen molar-refractivity contribution in [3.05, 3.63) is 6.10 Å². The van der Waals surface area contributed by atoms with E-state index >= 15 is 0 Å². The predicted octanol–water partition coefficient (Wildman–Crippen LogP) is 1.28. The maximum atomic E-state index is 4.59. The van der Waals surface area contributed by atoms with E-state index in [2.05, 4.69) is 16.7 Å². The molecule has 0 spiro atoms. The molecule has 1 heterocycles. The van der Waals surface area contributed by atoms with Gasteiger partial charge >= 0.3 is 0 Å². The van der Waals surface area contributed by atoms with E-state index in [0.717, 1.165) is 18.9 Å². The summed E-state index contributed by atoms with van der Waals surface area (Å²) in [6.07, 6.45) is 3.29. The van der Waals surface area contributed by atoms with E-state index in [1.54, 1.807) is 0 Å². The molecule has 0 unspecified atom stereocenters. The first kappa shape index (κ1) is 5.06. The Balaban J connectivity index is 1.93. The topological polar surface area (TPSA) is 18.5 Å². The first-order chi connectivity index (χ1) is 3.43. The van der Waals surface area contributed by atoms with Gasteiger partial charge in [0.25, 0.3) is 0 Å². The minimum absolute atomic E-state index is 0.716. The van der Waals surface area contributed by atoms with Crippen molar-refractivity contribution < 1.29 is 9.78 Å². The third kappa shape index (κ3) is 1.14. The quantitative estimate of drug-likeness (QED) is 0.488. The number of hydrogen-bond donors (Lipinski definition) is 0. The van der Waals surface area contributed by atoms with Crippen molar-refractivity contribution in [2.75, 3.05) is 6.61 Å². The first-order valence-electron chi connectivity index (χ1n) is 2.57. The zero-order valence-corrected chi connectivity index (χ0v) is 4.44. The van der Waals surface area contributed by atoms with Crippen molar-refractivity contribution in [3.63, 3.8) is 0 Å². The van der Waals surface area contributed by atoms with E-state index in [-0.39, 0.29) is 0 Å². The molecular weight excluding hydrogens is 92.1 g/mol. The molecule has 0 aromatic rings. The van der Waals surface area contributed by atoms with Crippen LogP contribution in [0.15, 0.2) is 0 Å². The largest absolute Gasteiger partial charge is 0.233 e. The van der Waals surface area contributed by atoms with Crippen LogP contribution in [0.3, 0.4) is 0 Å². The van der Waals surface area contributed by atoms with E-state index < -0.39 is 0 Å². The van der Waals surface area contributed by atoms with Gasteiger partial charge in [-0.2, -0.15) is 0 Å². The summed E-state index contributed by atoms with van der Waals surface area (Å²) in [5.74, 6) is 0. The molecule has 7 heavy (non-hydrogen) atoms. The molecule has 1 radical (unpaired) electrons. The fourth-order valence-electron chi connectivity index (χ4n) is 0.535. The third-order valence-electron chi connectivity index (χ3n) is 0.926. The summed E-state index contributed by atoms with van der Waals surface area (Å²) in [5.41, 5.74) is 0. The summed E-state index contributed by atoms with van der Waals surface area (Å²) >= 11 is 0. The standard InChI is InChI=1S/C5H9O2/c1-2-3-5-4-6-7-5/h2-4H2,1H3. The highest BCUT2D eigenvalue weighted by atomic mass is 17.2. The van der Waals surface area contributed by atoms with Gasteiger partial charge in [-0.15, -0.1) is 0 Å². The van der Waals surface area contributed by atoms with Crippen molar-refractivity contribution in [1.29, 1.82) is 0 Å². The summed E-state index contributed by atoms with van der Waals surface area (Å²) in [7, 11) is 0. The maximum Gasteiger partial charge on any atom is 0.164 e. The molecule has 1 fully saturated rings. The monoisotopic (exact) mass is 101 g/mol. The molecule has 0 aromatic carbocycles. The minimum Gasteiger partial charge on any atom is -0.233 e. The molecule has 0 aromatic heterocycles. The van der Waals surface area contributed by atoms with Gasteiger partial charge in [0.15, 0.2) is 6.10 Å². The second kappa shape index (κ2) is 2.28. The number of rotatable bonds is 2. The van der Waals surface area contributed by atoms with Gasteiger partial charge in [-0.1, -0.05) is 13.3 Å². The summed E-state index contributed by atoms with van der Waals surface area (Å²) in [6, 6.07) is 0. The van der Waals surface area contributed by atoms with Gasteiger partial charge in [-0.3, -0.25) is 0 Å². The summed E-state index contributed by atoms with van der Waals surface area (Å²) in [5, 5.41) is 0. The van der Waals surface area contributed by atoms with Crippen LogP contribution in [0.4, 0.5) is 0 Å². The van der Waals surface area contributed by atoms with Crippen molar-refractivity contribution in [2.45, 2.75) is 19.8 Å². The smallest absolute Gasteiger partial charge is 0.164 e. The molecule has 0 atom stereocenters. The second-order valence-electron chi connectivity index (χ2n) is 1.63. The van der Waals surface area contributed by atoms with Crippen LogP contribution in [0.5, 0.6) is 0 Å². The Kier molecular flexibility index (Phi) is 1.65. The van der Waals surface area contributed by atoms with Gasteiger partial charge in [-0.25, -0.2) is 9.78 Å². The Labute approximate surface area is 43.3 Å². The Morgan fingerprint density at radius 1 is 1.71 bits per heavy atom. The summed E-state index contributed by atoms with van der Waals surface area (Å²) in [6.45, 7) is 2.84. The zero-order valence-electron chi connectivity index (χ0n) is 4.44. The molecule has 2 heteroatoms. The molecule has 1 rings (SSSR count). The van der Waals surface area contributed by atoms with Crippen molar-refractivity contribution >= 4 is 0 Å². The lowest BCUT2D eigenvalue weighted by Gasteiger charge is -2.21. The first-order valence-corrected chi connectivity index (χ1v) is 2.57. The Morgan fingerprint density at radius 2 is 2.43 bits per heavy atom. The molecular formula is C5H9O2. The van der Waals surface area contributed by atoms with Crippen molar-refractivity contribution in [3.8, 4) is 0 Å². The van der Waals surface area contributed by atoms with E-state index in [1.807, 2.05) is 0 Å². The minimum atomic E-state index is 0.716. The van der Waals surface area contributed by atoms with Crippen molar-refractivity contribution in [2.24, 2.45) is 0 Å². The summed E-state index contributed by atoms with van der Waals surface area (Å²) < 4.78 is 0. The van der Waals surface area contributed by atoms with E-state index in [4.69, 9.17) is 0 Å². The highest BCUT2D eigenvalue weighted by Gasteiger charge is 2.19. The van der Waals surface area contributed by atoms with Crippen LogP contribution in [-0.2, 0) is 9.78 Å². The van der Waals surface area contributed by atoms with Crippen LogP contribution in [0, 0.1) is 6.10 Å². The van der Waals surface area contributed by atoms with E-state index in [1.165, 1.54) is 0 Å². The van der Waals surface area contributed by atoms with Crippen LogP contribution < -0.4 is 0 Å². The Morgan fingerprint density at radius 3 is 2.57 bits per heavy atom. The van der Waals surface area contributed by atoms with Crippen LogP contribution in [0.2, 0.25) is 0 Å². The Bertz CT molecular complexity index is 50.0. The molecule has 0 saturated carbocycles. The highest BCUT2D eigenvalue weighted by Crippen LogP contribution is 2.19. The van der Waals surface area contributed by atoms with Gasteiger partial charge in [-0.05, 0) is 6.42 Å². The van der Waals surface area contributed by atoms with Gasteiger partial charge < -0.3 is 0 Å². The fourth-order valence-corrected chi connectivity index (χ4v) is 0.535.